The smallest absolute Gasteiger partial charge is 0.408 e. The highest BCUT2D eigenvalue weighted by Gasteiger charge is 2.08. The Hall–Kier alpha value is -2.04. The maximum Gasteiger partial charge on any atom is 0.419 e. The molecule has 0 bridgehead atoms. The molecular weight excluding hydrogens is 268 g/mol. The number of rotatable bonds is 8. The van der Waals surface area contributed by atoms with Crippen molar-refractivity contribution in [3.8, 4) is 0 Å². The molecule has 1 aromatic heterocycles. The van der Waals surface area contributed by atoms with Gasteiger partial charge in [0.15, 0.2) is 5.58 Å². The fourth-order valence-corrected chi connectivity index (χ4v) is 2.31. The Kier molecular flexibility index (Phi) is 5.60. The molecule has 2 aromatic rings. The van der Waals surface area contributed by atoms with Crippen LogP contribution in [0.3, 0.4) is 0 Å². The molecule has 0 atom stereocenters. The first-order chi connectivity index (χ1) is 10.2. The Bertz CT molecular complexity index is 642. The zero-order chi connectivity index (χ0) is 15.1. The summed E-state index contributed by atoms with van der Waals surface area (Å²) in [6, 6.07) is 7.33. The number of carbonyl (C=O) groups is 1. The summed E-state index contributed by atoms with van der Waals surface area (Å²) in [5, 5.41) is 2.90. The molecule has 1 heterocycles. The fraction of sp³-hybridized carbons (Fsp3) is 0.500. The minimum atomic E-state index is -0.362. The molecule has 0 fully saturated rings. The summed E-state index contributed by atoms with van der Waals surface area (Å²) in [6.45, 7) is 3.37. The third-order valence-electron chi connectivity index (χ3n) is 3.46. The molecule has 1 amide bonds. The van der Waals surface area contributed by atoms with Crippen molar-refractivity contribution < 1.29 is 9.21 Å². The Morgan fingerprint density at radius 3 is 2.86 bits per heavy atom. The average Bonchev–Trinajstić information content (AvgIpc) is 2.80. The van der Waals surface area contributed by atoms with Crippen molar-refractivity contribution in [2.24, 2.45) is 0 Å². The van der Waals surface area contributed by atoms with E-state index in [4.69, 9.17) is 4.42 Å². The number of carbonyl (C=O) groups excluding carboxylic acids is 1. The molecule has 114 valence electrons. The number of hydrogen-bond donors (Lipinski definition) is 1. The summed E-state index contributed by atoms with van der Waals surface area (Å²) in [4.78, 5) is 23.4. The number of unbranched alkanes of at least 4 members (excludes halogenated alkanes) is 2. The number of para-hydroxylation sites is 2. The van der Waals surface area contributed by atoms with Crippen LogP contribution in [0, 0.1) is 0 Å². The summed E-state index contributed by atoms with van der Waals surface area (Å²) >= 11 is 0. The van der Waals surface area contributed by atoms with Gasteiger partial charge in [0.05, 0.1) is 5.52 Å². The van der Waals surface area contributed by atoms with Gasteiger partial charge in [0.25, 0.3) is 0 Å². The standard InChI is InChI=1S/C16H22N2O3/c1-2-3-6-11-17-15(19)10-7-12-18-13-8-4-5-9-14(13)21-16(18)20/h4-5,8-9H,2-3,6-7,10-12H2,1H3,(H,17,19). The molecule has 0 saturated carbocycles. The second-order valence-electron chi connectivity index (χ2n) is 5.15. The third kappa shape index (κ3) is 4.21. The first-order valence-corrected chi connectivity index (χ1v) is 7.57. The van der Waals surface area contributed by atoms with E-state index in [2.05, 4.69) is 12.2 Å². The monoisotopic (exact) mass is 290 g/mol. The van der Waals surface area contributed by atoms with Crippen molar-refractivity contribution >= 4 is 17.0 Å². The molecule has 0 aliphatic rings. The van der Waals surface area contributed by atoms with Gasteiger partial charge >= 0.3 is 5.76 Å². The zero-order valence-corrected chi connectivity index (χ0v) is 12.4. The molecule has 0 unspecified atom stereocenters. The van der Waals surface area contributed by atoms with Gasteiger partial charge in [-0.25, -0.2) is 4.79 Å². The van der Waals surface area contributed by atoms with E-state index in [-0.39, 0.29) is 11.7 Å². The second kappa shape index (κ2) is 7.67. The molecule has 2 rings (SSSR count). The molecule has 5 nitrogen and oxygen atoms in total. The average molecular weight is 290 g/mol. The van der Waals surface area contributed by atoms with E-state index in [9.17, 15) is 9.59 Å². The van der Waals surface area contributed by atoms with E-state index in [1.54, 1.807) is 10.6 Å². The van der Waals surface area contributed by atoms with Gasteiger partial charge in [-0.2, -0.15) is 0 Å². The zero-order valence-electron chi connectivity index (χ0n) is 12.4. The SMILES string of the molecule is CCCCCNC(=O)CCCn1c(=O)oc2ccccc21. The van der Waals surface area contributed by atoms with Crippen molar-refractivity contribution in [1.29, 1.82) is 0 Å². The van der Waals surface area contributed by atoms with Crippen LogP contribution in [0.2, 0.25) is 0 Å². The summed E-state index contributed by atoms with van der Waals surface area (Å²) < 4.78 is 6.74. The van der Waals surface area contributed by atoms with Crippen LogP contribution < -0.4 is 11.1 Å². The molecule has 5 heteroatoms. The first kappa shape index (κ1) is 15.4. The number of nitrogens with one attached hydrogen (secondary N) is 1. The Morgan fingerprint density at radius 2 is 2.05 bits per heavy atom. The molecule has 21 heavy (non-hydrogen) atoms. The number of nitrogens with zero attached hydrogens (tertiary/aromatic N) is 1. The fourth-order valence-electron chi connectivity index (χ4n) is 2.31. The van der Waals surface area contributed by atoms with Gasteiger partial charge < -0.3 is 9.73 Å². The molecule has 0 saturated heterocycles. The van der Waals surface area contributed by atoms with Crippen LogP contribution in [0.15, 0.2) is 33.5 Å². The second-order valence-corrected chi connectivity index (χ2v) is 5.15. The lowest BCUT2D eigenvalue weighted by Gasteiger charge is -2.05. The van der Waals surface area contributed by atoms with Gasteiger partial charge in [-0.1, -0.05) is 31.9 Å². The van der Waals surface area contributed by atoms with Crippen LogP contribution in [0.1, 0.15) is 39.0 Å². The van der Waals surface area contributed by atoms with Gasteiger partial charge in [0.2, 0.25) is 5.91 Å². The van der Waals surface area contributed by atoms with E-state index in [1.165, 1.54) is 0 Å². The predicted molar refractivity (Wildman–Crippen MR) is 82.2 cm³/mol. The van der Waals surface area contributed by atoms with E-state index < -0.39 is 0 Å². The van der Waals surface area contributed by atoms with Gasteiger partial charge in [0, 0.05) is 19.5 Å². The highest BCUT2D eigenvalue weighted by molar-refractivity contribution is 5.76. The lowest BCUT2D eigenvalue weighted by Crippen LogP contribution is -2.25. The van der Waals surface area contributed by atoms with Crippen molar-refractivity contribution in [2.75, 3.05) is 6.54 Å². The lowest BCUT2D eigenvalue weighted by atomic mass is 10.2. The third-order valence-corrected chi connectivity index (χ3v) is 3.46. The number of benzene rings is 1. The molecule has 0 aliphatic heterocycles. The van der Waals surface area contributed by atoms with E-state index in [1.807, 2.05) is 18.2 Å². The topological polar surface area (TPSA) is 64.2 Å². The first-order valence-electron chi connectivity index (χ1n) is 7.57. The van der Waals surface area contributed by atoms with Crippen LogP contribution in [0.25, 0.3) is 11.1 Å². The number of aromatic nitrogens is 1. The highest BCUT2D eigenvalue weighted by atomic mass is 16.4. The Morgan fingerprint density at radius 1 is 1.24 bits per heavy atom. The maximum atomic E-state index is 11.8. The van der Waals surface area contributed by atoms with Crippen LogP contribution in [0.5, 0.6) is 0 Å². The van der Waals surface area contributed by atoms with Crippen molar-refractivity contribution in [3.05, 3.63) is 34.8 Å². The molecular formula is C16H22N2O3. The maximum absolute atomic E-state index is 11.8. The minimum Gasteiger partial charge on any atom is -0.408 e. The Balaban J connectivity index is 1.81. The number of amides is 1. The number of oxazole rings is 1. The number of hydrogen-bond acceptors (Lipinski definition) is 3. The highest BCUT2D eigenvalue weighted by Crippen LogP contribution is 2.12. The molecule has 1 N–H and O–H groups in total. The Labute approximate surface area is 123 Å². The van der Waals surface area contributed by atoms with Gasteiger partial charge in [-0.15, -0.1) is 0 Å². The number of fused-ring (bicyclic) bond motifs is 1. The minimum absolute atomic E-state index is 0.0481. The van der Waals surface area contributed by atoms with E-state index in [0.717, 1.165) is 31.3 Å². The number of aryl methyl sites for hydroxylation is 1. The van der Waals surface area contributed by atoms with Crippen LogP contribution in [-0.2, 0) is 11.3 Å². The summed E-state index contributed by atoms with van der Waals surface area (Å²) in [7, 11) is 0. The summed E-state index contributed by atoms with van der Waals surface area (Å²) in [6.07, 6.45) is 4.36. The van der Waals surface area contributed by atoms with Gasteiger partial charge in [-0.05, 0) is 25.0 Å². The van der Waals surface area contributed by atoms with Gasteiger partial charge in [0.1, 0.15) is 0 Å². The van der Waals surface area contributed by atoms with Crippen LogP contribution >= 0.6 is 0 Å². The largest absolute Gasteiger partial charge is 0.419 e. The molecule has 1 aromatic carbocycles. The summed E-state index contributed by atoms with van der Waals surface area (Å²) in [5.74, 6) is -0.313. The van der Waals surface area contributed by atoms with Crippen LogP contribution in [-0.4, -0.2) is 17.0 Å². The van der Waals surface area contributed by atoms with Crippen molar-refractivity contribution in [3.63, 3.8) is 0 Å². The van der Waals surface area contributed by atoms with E-state index in [0.29, 0.717) is 25.0 Å². The molecule has 0 aliphatic carbocycles. The predicted octanol–water partition coefficient (Wildman–Crippen LogP) is 2.68. The molecule has 0 spiro atoms. The van der Waals surface area contributed by atoms with Gasteiger partial charge in [-0.3, -0.25) is 9.36 Å². The molecule has 0 radical (unpaired) electrons. The van der Waals surface area contributed by atoms with Crippen molar-refractivity contribution in [1.82, 2.24) is 9.88 Å². The normalized spacial score (nSPS) is 10.9. The lowest BCUT2D eigenvalue weighted by molar-refractivity contribution is -0.121. The summed E-state index contributed by atoms with van der Waals surface area (Å²) in [5.41, 5.74) is 1.37. The van der Waals surface area contributed by atoms with Crippen molar-refractivity contribution in [2.45, 2.75) is 45.6 Å². The van der Waals surface area contributed by atoms with Crippen LogP contribution in [0.4, 0.5) is 0 Å². The van der Waals surface area contributed by atoms with E-state index >= 15 is 0 Å². The quantitative estimate of drug-likeness (QED) is 0.760.